The molecule has 2 heterocycles. The Morgan fingerprint density at radius 2 is 1.97 bits per heavy atom. The number of nitrogens with one attached hydrogen (secondary N) is 2. The van der Waals surface area contributed by atoms with Crippen molar-refractivity contribution in [2.75, 3.05) is 18.4 Å². The number of thiocarbonyl (C=S) groups is 1. The minimum Gasteiger partial charge on any atom is -0.358 e. The van der Waals surface area contributed by atoms with E-state index < -0.39 is 0 Å². The van der Waals surface area contributed by atoms with E-state index in [9.17, 15) is 9.59 Å². The van der Waals surface area contributed by atoms with Crippen LogP contribution in [0, 0.1) is 20.8 Å². The molecule has 0 unspecified atom stereocenters. The van der Waals surface area contributed by atoms with E-state index in [1.807, 2.05) is 32.0 Å². The minimum atomic E-state index is -0.231. The molecule has 6 nitrogen and oxygen atoms in total. The van der Waals surface area contributed by atoms with Crippen molar-refractivity contribution in [1.29, 1.82) is 0 Å². The zero-order chi connectivity index (χ0) is 22.7. The van der Waals surface area contributed by atoms with E-state index in [0.717, 1.165) is 34.2 Å². The number of fused-ring (bicyclic) bond motifs is 1. The van der Waals surface area contributed by atoms with Gasteiger partial charge in [0.2, 0.25) is 0 Å². The summed E-state index contributed by atoms with van der Waals surface area (Å²) in [5.74, 6) is 0.798. The Hall–Kier alpha value is -2.23. The Labute approximate surface area is 195 Å². The summed E-state index contributed by atoms with van der Waals surface area (Å²) in [5, 5.41) is 3.43. The third kappa shape index (κ3) is 5.16. The van der Waals surface area contributed by atoms with E-state index in [0.29, 0.717) is 32.2 Å². The summed E-state index contributed by atoms with van der Waals surface area (Å²) < 4.78 is 0.781. The van der Waals surface area contributed by atoms with Crippen molar-refractivity contribution < 1.29 is 4.79 Å². The van der Waals surface area contributed by atoms with Gasteiger partial charge in [0.1, 0.15) is 15.0 Å². The van der Waals surface area contributed by atoms with Gasteiger partial charge in [-0.15, -0.1) is 11.3 Å². The maximum absolute atomic E-state index is 12.9. The van der Waals surface area contributed by atoms with Crippen LogP contribution in [0.1, 0.15) is 46.0 Å². The number of H-pyrrole nitrogens is 1. The Bertz CT molecular complexity index is 1200. The molecule has 0 saturated heterocycles. The number of rotatable bonds is 6. The minimum absolute atomic E-state index is 0.228. The summed E-state index contributed by atoms with van der Waals surface area (Å²) in [6.07, 6.45) is 0. The van der Waals surface area contributed by atoms with Gasteiger partial charge in [0.25, 0.3) is 11.5 Å². The van der Waals surface area contributed by atoms with Crippen LogP contribution < -0.4 is 10.9 Å². The molecular weight excluding hydrogens is 448 g/mol. The quantitative estimate of drug-likeness (QED) is 0.488. The first kappa shape index (κ1) is 23.4. The fourth-order valence-corrected chi connectivity index (χ4v) is 5.68. The number of anilines is 1. The molecule has 0 bridgehead atoms. The van der Waals surface area contributed by atoms with Crippen LogP contribution in [0.2, 0.25) is 0 Å². The number of aromatic nitrogens is 2. The van der Waals surface area contributed by atoms with Crippen molar-refractivity contribution in [3.05, 3.63) is 55.9 Å². The van der Waals surface area contributed by atoms with Crippen LogP contribution in [-0.4, -0.2) is 38.2 Å². The topological polar surface area (TPSA) is 78.1 Å². The van der Waals surface area contributed by atoms with Crippen LogP contribution in [0.25, 0.3) is 10.2 Å². The van der Waals surface area contributed by atoms with Gasteiger partial charge in [-0.1, -0.05) is 41.7 Å². The van der Waals surface area contributed by atoms with Crippen LogP contribution in [-0.2, 0) is 5.75 Å². The van der Waals surface area contributed by atoms with Gasteiger partial charge < -0.3 is 15.2 Å². The van der Waals surface area contributed by atoms with E-state index in [4.69, 9.17) is 12.2 Å². The lowest BCUT2D eigenvalue weighted by molar-refractivity contribution is 0.103. The van der Waals surface area contributed by atoms with Crippen molar-refractivity contribution in [3.8, 4) is 0 Å². The molecule has 0 aliphatic heterocycles. The highest BCUT2D eigenvalue weighted by atomic mass is 32.2. The SMILES string of the molecule is CCN(CC)C(=S)SCc1nc2sc(C(=O)Nc3ccc(C)cc3C)c(C)c2c(=O)[nH]1. The standard InChI is InChI=1S/C22H26N4O2S3/c1-6-26(7-2)22(29)30-11-16-24-19(27)17-14(5)18(31-21(17)25-16)20(28)23-15-9-8-12(3)10-13(15)4/h8-10H,6-7,11H2,1-5H3,(H,23,28)(H,24,25,27). The van der Waals surface area contributed by atoms with E-state index in [1.54, 1.807) is 6.92 Å². The van der Waals surface area contributed by atoms with Crippen molar-refractivity contribution in [2.45, 2.75) is 40.4 Å². The largest absolute Gasteiger partial charge is 0.358 e. The summed E-state index contributed by atoms with van der Waals surface area (Å²) in [4.78, 5) is 36.2. The van der Waals surface area contributed by atoms with Crippen molar-refractivity contribution >= 4 is 61.4 Å². The Morgan fingerprint density at radius 1 is 1.26 bits per heavy atom. The molecule has 3 rings (SSSR count). The van der Waals surface area contributed by atoms with Crippen LogP contribution in [0.3, 0.4) is 0 Å². The summed E-state index contributed by atoms with van der Waals surface area (Å²) in [6, 6.07) is 5.87. The van der Waals surface area contributed by atoms with Crippen LogP contribution in [0.15, 0.2) is 23.0 Å². The molecule has 0 fully saturated rings. The highest BCUT2D eigenvalue weighted by Gasteiger charge is 2.20. The second kappa shape index (κ2) is 9.93. The number of thioether (sulfide) groups is 1. The third-order valence-electron chi connectivity index (χ3n) is 5.04. The van der Waals surface area contributed by atoms with Crippen LogP contribution >= 0.6 is 35.3 Å². The van der Waals surface area contributed by atoms with Crippen molar-refractivity contribution in [2.24, 2.45) is 0 Å². The molecule has 0 saturated carbocycles. The van der Waals surface area contributed by atoms with E-state index in [1.165, 1.54) is 23.1 Å². The van der Waals surface area contributed by atoms with Gasteiger partial charge >= 0.3 is 0 Å². The van der Waals surface area contributed by atoms with Gasteiger partial charge in [-0.3, -0.25) is 9.59 Å². The first-order valence-corrected chi connectivity index (χ1v) is 12.3. The molecule has 1 aromatic carbocycles. The number of benzene rings is 1. The van der Waals surface area contributed by atoms with Crippen LogP contribution in [0.4, 0.5) is 5.69 Å². The Balaban J connectivity index is 1.85. The molecule has 2 N–H and O–H groups in total. The highest BCUT2D eigenvalue weighted by molar-refractivity contribution is 8.22. The number of carbonyl (C=O) groups is 1. The molecule has 0 aliphatic rings. The monoisotopic (exact) mass is 474 g/mol. The summed E-state index contributed by atoms with van der Waals surface area (Å²) in [6.45, 7) is 11.6. The number of amides is 1. The molecular formula is C22H26N4O2S3. The molecule has 0 spiro atoms. The zero-order valence-corrected chi connectivity index (χ0v) is 20.7. The van der Waals surface area contributed by atoms with Gasteiger partial charge in [-0.25, -0.2) is 4.98 Å². The number of aryl methyl sites for hydroxylation is 3. The van der Waals surface area contributed by atoms with E-state index in [-0.39, 0.29) is 11.5 Å². The number of nitrogens with zero attached hydrogens (tertiary/aromatic N) is 2. The normalized spacial score (nSPS) is 11.0. The zero-order valence-electron chi connectivity index (χ0n) is 18.3. The molecule has 3 aromatic rings. The number of aromatic amines is 1. The summed E-state index contributed by atoms with van der Waals surface area (Å²) in [7, 11) is 0. The molecule has 9 heteroatoms. The van der Waals surface area contributed by atoms with Crippen molar-refractivity contribution in [1.82, 2.24) is 14.9 Å². The Morgan fingerprint density at radius 3 is 2.61 bits per heavy atom. The molecule has 31 heavy (non-hydrogen) atoms. The van der Waals surface area contributed by atoms with Gasteiger partial charge in [-0.05, 0) is 51.8 Å². The lowest BCUT2D eigenvalue weighted by Crippen LogP contribution is -2.26. The molecule has 0 radical (unpaired) electrons. The smallest absolute Gasteiger partial charge is 0.266 e. The summed E-state index contributed by atoms with van der Waals surface area (Å²) >= 11 is 8.18. The predicted octanol–water partition coefficient (Wildman–Crippen LogP) is 5.02. The second-order valence-electron chi connectivity index (χ2n) is 7.25. The summed E-state index contributed by atoms with van der Waals surface area (Å²) in [5.41, 5.74) is 3.31. The van der Waals surface area contributed by atoms with Gasteiger partial charge in [0.05, 0.1) is 16.0 Å². The number of hydrogen-bond donors (Lipinski definition) is 2. The Kier molecular flexibility index (Phi) is 7.51. The average Bonchev–Trinajstić information content (AvgIpc) is 3.06. The third-order valence-corrected chi connectivity index (χ3v) is 7.76. The molecule has 2 aromatic heterocycles. The average molecular weight is 475 g/mol. The van der Waals surface area contributed by atoms with E-state index >= 15 is 0 Å². The van der Waals surface area contributed by atoms with Crippen LogP contribution in [0.5, 0.6) is 0 Å². The lowest BCUT2D eigenvalue weighted by atomic mass is 10.1. The highest BCUT2D eigenvalue weighted by Crippen LogP contribution is 2.29. The fourth-order valence-electron chi connectivity index (χ4n) is 3.31. The van der Waals surface area contributed by atoms with Gasteiger partial charge in [0.15, 0.2) is 0 Å². The number of hydrogen-bond acceptors (Lipinski definition) is 6. The van der Waals surface area contributed by atoms with E-state index in [2.05, 4.69) is 34.0 Å². The molecule has 0 aliphatic carbocycles. The van der Waals surface area contributed by atoms with Gasteiger partial charge in [0, 0.05) is 18.8 Å². The molecule has 0 atom stereocenters. The fraction of sp³-hybridized carbons (Fsp3) is 0.364. The first-order chi connectivity index (χ1) is 14.7. The van der Waals surface area contributed by atoms with Gasteiger partial charge in [-0.2, -0.15) is 0 Å². The molecule has 164 valence electrons. The second-order valence-corrected chi connectivity index (χ2v) is 9.86. The first-order valence-electron chi connectivity index (χ1n) is 10.1. The lowest BCUT2D eigenvalue weighted by Gasteiger charge is -2.20. The number of carbonyl (C=O) groups excluding carboxylic acids is 1. The number of thiophene rings is 1. The molecule has 1 amide bonds. The van der Waals surface area contributed by atoms with Crippen molar-refractivity contribution in [3.63, 3.8) is 0 Å². The maximum atomic E-state index is 12.9. The predicted molar refractivity (Wildman–Crippen MR) is 136 cm³/mol. The maximum Gasteiger partial charge on any atom is 0.266 e.